The SMILES string of the molecule is Cc1cc(NC(=O)C2CCCN(c3ccnc(-c4cccc(F)c4)n3)C2)ccc1Br. The van der Waals surface area contributed by atoms with Gasteiger partial charge >= 0.3 is 0 Å². The molecule has 0 bridgehead atoms. The van der Waals surface area contributed by atoms with E-state index < -0.39 is 0 Å². The van der Waals surface area contributed by atoms with Gasteiger partial charge in [-0.05, 0) is 61.7 Å². The van der Waals surface area contributed by atoms with Gasteiger partial charge in [0, 0.05) is 35.0 Å². The van der Waals surface area contributed by atoms with E-state index in [9.17, 15) is 9.18 Å². The summed E-state index contributed by atoms with van der Waals surface area (Å²) in [5, 5.41) is 3.03. The lowest BCUT2D eigenvalue weighted by atomic mass is 9.97. The predicted octanol–water partition coefficient (Wildman–Crippen LogP) is 5.21. The first kappa shape index (κ1) is 20.5. The van der Waals surface area contributed by atoms with Crippen LogP contribution in [0.5, 0.6) is 0 Å². The first-order valence-corrected chi connectivity index (χ1v) is 10.7. The maximum absolute atomic E-state index is 13.6. The van der Waals surface area contributed by atoms with Crippen molar-refractivity contribution in [3.05, 3.63) is 70.6 Å². The molecule has 1 fully saturated rings. The van der Waals surface area contributed by atoms with E-state index >= 15 is 0 Å². The van der Waals surface area contributed by atoms with Crippen molar-refractivity contribution in [2.45, 2.75) is 19.8 Å². The summed E-state index contributed by atoms with van der Waals surface area (Å²) in [7, 11) is 0. The molecule has 2 aromatic carbocycles. The van der Waals surface area contributed by atoms with Crippen molar-refractivity contribution in [2.75, 3.05) is 23.3 Å². The van der Waals surface area contributed by atoms with Crippen molar-refractivity contribution in [1.29, 1.82) is 0 Å². The molecule has 1 N–H and O–H groups in total. The van der Waals surface area contributed by atoms with Crippen LogP contribution in [-0.2, 0) is 4.79 Å². The fourth-order valence-electron chi connectivity index (χ4n) is 3.66. The molecule has 1 atom stereocenters. The van der Waals surface area contributed by atoms with Gasteiger partial charge in [0.1, 0.15) is 11.6 Å². The fraction of sp³-hybridized carbons (Fsp3) is 0.261. The molecule has 4 rings (SSSR count). The number of piperidine rings is 1. The van der Waals surface area contributed by atoms with E-state index in [0.29, 0.717) is 17.9 Å². The Hall–Kier alpha value is -2.80. The third-order valence-electron chi connectivity index (χ3n) is 5.27. The van der Waals surface area contributed by atoms with Crippen LogP contribution in [0.15, 0.2) is 59.2 Å². The maximum Gasteiger partial charge on any atom is 0.229 e. The molecule has 0 spiro atoms. The molecule has 7 heteroatoms. The van der Waals surface area contributed by atoms with Crippen molar-refractivity contribution in [2.24, 2.45) is 5.92 Å². The van der Waals surface area contributed by atoms with Crippen LogP contribution in [0.2, 0.25) is 0 Å². The molecule has 1 amide bonds. The van der Waals surface area contributed by atoms with Crippen LogP contribution in [0.1, 0.15) is 18.4 Å². The summed E-state index contributed by atoms with van der Waals surface area (Å²) >= 11 is 3.48. The molecule has 1 aliphatic heterocycles. The van der Waals surface area contributed by atoms with Gasteiger partial charge in [-0.1, -0.05) is 28.1 Å². The largest absolute Gasteiger partial charge is 0.356 e. The number of carbonyl (C=O) groups is 1. The van der Waals surface area contributed by atoms with Crippen LogP contribution in [0, 0.1) is 18.7 Å². The summed E-state index contributed by atoms with van der Waals surface area (Å²) in [4.78, 5) is 23.8. The fourth-order valence-corrected chi connectivity index (χ4v) is 3.90. The normalized spacial score (nSPS) is 16.4. The van der Waals surface area contributed by atoms with Crippen LogP contribution in [0.4, 0.5) is 15.9 Å². The molecule has 1 saturated heterocycles. The third kappa shape index (κ3) is 4.67. The minimum Gasteiger partial charge on any atom is -0.356 e. The van der Waals surface area contributed by atoms with Gasteiger partial charge in [-0.3, -0.25) is 4.79 Å². The molecule has 3 aromatic rings. The molecular weight excluding hydrogens is 447 g/mol. The highest BCUT2D eigenvalue weighted by atomic mass is 79.9. The number of halogens is 2. The first-order valence-electron chi connectivity index (χ1n) is 9.90. The van der Waals surface area contributed by atoms with Crippen LogP contribution in [0.3, 0.4) is 0 Å². The van der Waals surface area contributed by atoms with Crippen LogP contribution in [0.25, 0.3) is 11.4 Å². The topological polar surface area (TPSA) is 58.1 Å². The molecule has 30 heavy (non-hydrogen) atoms. The molecule has 5 nitrogen and oxygen atoms in total. The highest BCUT2D eigenvalue weighted by Gasteiger charge is 2.27. The Balaban J connectivity index is 1.48. The van der Waals surface area contributed by atoms with Gasteiger partial charge in [-0.15, -0.1) is 0 Å². The highest BCUT2D eigenvalue weighted by Crippen LogP contribution is 2.26. The van der Waals surface area contributed by atoms with Crippen LogP contribution < -0.4 is 10.2 Å². The molecule has 1 unspecified atom stereocenters. The van der Waals surface area contributed by atoms with Crippen LogP contribution >= 0.6 is 15.9 Å². The van der Waals surface area contributed by atoms with Gasteiger partial charge < -0.3 is 10.2 Å². The number of amides is 1. The minimum atomic E-state index is -0.320. The second-order valence-electron chi connectivity index (χ2n) is 7.49. The molecule has 154 valence electrons. The van der Waals surface area contributed by atoms with Crippen LogP contribution in [-0.4, -0.2) is 29.0 Å². The number of aromatic nitrogens is 2. The number of rotatable bonds is 4. The van der Waals surface area contributed by atoms with Gasteiger partial charge in [0.2, 0.25) is 5.91 Å². The van der Waals surface area contributed by atoms with Gasteiger partial charge in [0.25, 0.3) is 0 Å². The van der Waals surface area contributed by atoms with E-state index in [2.05, 4.69) is 36.1 Å². The Labute approximate surface area is 183 Å². The second kappa shape index (κ2) is 8.92. The maximum atomic E-state index is 13.6. The number of hydrogen-bond acceptors (Lipinski definition) is 4. The molecule has 0 aliphatic carbocycles. The van der Waals surface area contributed by atoms with Crippen molar-refractivity contribution in [3.63, 3.8) is 0 Å². The Bertz CT molecular complexity index is 1070. The zero-order valence-electron chi connectivity index (χ0n) is 16.6. The first-order chi connectivity index (χ1) is 14.5. The molecule has 2 heterocycles. The van der Waals surface area contributed by atoms with Gasteiger partial charge in [-0.25, -0.2) is 14.4 Å². The smallest absolute Gasteiger partial charge is 0.229 e. The van der Waals surface area contributed by atoms with E-state index in [-0.39, 0.29) is 17.6 Å². The van der Waals surface area contributed by atoms with E-state index in [1.807, 2.05) is 31.2 Å². The van der Waals surface area contributed by atoms with Crippen molar-refractivity contribution in [1.82, 2.24) is 9.97 Å². The number of anilines is 2. The Morgan fingerprint density at radius 3 is 2.90 bits per heavy atom. The Kier molecular flexibility index (Phi) is 6.08. The molecule has 1 aromatic heterocycles. The minimum absolute atomic E-state index is 0.0147. The van der Waals surface area contributed by atoms with E-state index in [4.69, 9.17) is 0 Å². The zero-order valence-corrected chi connectivity index (χ0v) is 18.2. The molecule has 1 aliphatic rings. The lowest BCUT2D eigenvalue weighted by Gasteiger charge is -2.33. The molecular formula is C23H22BrFN4O. The summed E-state index contributed by atoms with van der Waals surface area (Å²) in [6.45, 7) is 3.40. The summed E-state index contributed by atoms with van der Waals surface area (Å²) in [5.41, 5.74) is 2.51. The zero-order chi connectivity index (χ0) is 21.1. The number of nitrogens with one attached hydrogen (secondary N) is 1. The molecule has 0 saturated carbocycles. The second-order valence-corrected chi connectivity index (χ2v) is 8.34. The number of hydrogen-bond donors (Lipinski definition) is 1. The summed E-state index contributed by atoms with van der Waals surface area (Å²) in [6.07, 6.45) is 3.41. The van der Waals surface area contributed by atoms with Crippen molar-refractivity contribution < 1.29 is 9.18 Å². The summed E-state index contributed by atoms with van der Waals surface area (Å²) in [6, 6.07) is 13.9. The Morgan fingerprint density at radius 2 is 2.10 bits per heavy atom. The van der Waals surface area contributed by atoms with E-state index in [1.165, 1.54) is 12.1 Å². The average Bonchev–Trinajstić information content (AvgIpc) is 2.76. The van der Waals surface area contributed by atoms with Gasteiger partial charge in [-0.2, -0.15) is 0 Å². The summed E-state index contributed by atoms with van der Waals surface area (Å²) in [5.74, 6) is 0.792. The van der Waals surface area contributed by atoms with Gasteiger partial charge in [0.15, 0.2) is 5.82 Å². The predicted molar refractivity (Wildman–Crippen MR) is 120 cm³/mol. The average molecular weight is 469 g/mol. The quantitative estimate of drug-likeness (QED) is 0.570. The van der Waals surface area contributed by atoms with E-state index in [1.54, 1.807) is 18.3 Å². The monoisotopic (exact) mass is 468 g/mol. The van der Waals surface area contributed by atoms with E-state index in [0.717, 1.165) is 40.9 Å². The molecule has 0 radical (unpaired) electrons. The third-order valence-corrected chi connectivity index (χ3v) is 6.16. The standard InChI is InChI=1S/C23H22BrFN4O/c1-15-12-19(7-8-20(15)24)27-23(30)17-5-3-11-29(14-17)21-9-10-26-22(28-21)16-4-2-6-18(25)13-16/h2,4,6-10,12-13,17H,3,5,11,14H2,1H3,(H,27,30). The lowest BCUT2D eigenvalue weighted by molar-refractivity contribution is -0.120. The van der Waals surface area contributed by atoms with Crippen molar-refractivity contribution >= 4 is 33.3 Å². The summed E-state index contributed by atoms with van der Waals surface area (Å²) < 4.78 is 14.6. The number of benzene rings is 2. The highest BCUT2D eigenvalue weighted by molar-refractivity contribution is 9.10. The number of aryl methyl sites for hydroxylation is 1. The Morgan fingerprint density at radius 1 is 1.23 bits per heavy atom. The lowest BCUT2D eigenvalue weighted by Crippen LogP contribution is -2.41. The van der Waals surface area contributed by atoms with Gasteiger partial charge in [0.05, 0.1) is 5.92 Å². The number of carbonyl (C=O) groups excluding carboxylic acids is 1. The number of nitrogens with zero attached hydrogens (tertiary/aromatic N) is 3. The van der Waals surface area contributed by atoms with Crippen molar-refractivity contribution in [3.8, 4) is 11.4 Å².